The summed E-state index contributed by atoms with van der Waals surface area (Å²) in [5.74, 6) is -0.00993. The van der Waals surface area contributed by atoms with E-state index in [-0.39, 0.29) is 5.91 Å². The van der Waals surface area contributed by atoms with Gasteiger partial charge >= 0.3 is 0 Å². The molecule has 0 aromatic heterocycles. The maximum absolute atomic E-state index is 12.4. The summed E-state index contributed by atoms with van der Waals surface area (Å²) in [6.07, 6.45) is 8.04. The molecular weight excluding hydrogens is 250 g/mol. The van der Waals surface area contributed by atoms with Crippen LogP contribution in [0, 0.1) is 0 Å². The standard InChI is InChI=1S/C17H25NO2/c1-20-16(14-10-6-5-7-11-14)17(19)18-15-12-8-3-2-4-9-13-15/h5-7,10-11,15-16H,2-4,8-9,12-13H2,1H3,(H,18,19)/t16-/m1/s1. The average molecular weight is 275 g/mol. The molecular formula is C17H25NO2. The van der Waals surface area contributed by atoms with Gasteiger partial charge in [-0.3, -0.25) is 4.79 Å². The van der Waals surface area contributed by atoms with Crippen LogP contribution in [0.2, 0.25) is 0 Å². The molecule has 3 nitrogen and oxygen atoms in total. The second-order valence-electron chi connectivity index (χ2n) is 5.58. The fourth-order valence-corrected chi connectivity index (χ4v) is 2.90. The molecule has 0 unspecified atom stereocenters. The number of rotatable bonds is 4. The lowest BCUT2D eigenvalue weighted by molar-refractivity contribution is -0.132. The van der Waals surface area contributed by atoms with Gasteiger partial charge in [-0.25, -0.2) is 0 Å². The van der Waals surface area contributed by atoms with Crippen molar-refractivity contribution in [2.45, 2.75) is 57.1 Å². The van der Waals surface area contributed by atoms with Crippen LogP contribution < -0.4 is 5.32 Å². The van der Waals surface area contributed by atoms with Gasteiger partial charge in [-0.15, -0.1) is 0 Å². The molecule has 0 bridgehead atoms. The Morgan fingerprint density at radius 2 is 1.70 bits per heavy atom. The van der Waals surface area contributed by atoms with Gasteiger partial charge in [0, 0.05) is 13.2 Å². The van der Waals surface area contributed by atoms with Crippen LogP contribution in [0.4, 0.5) is 0 Å². The van der Waals surface area contributed by atoms with E-state index in [1.807, 2.05) is 30.3 Å². The van der Waals surface area contributed by atoms with E-state index in [4.69, 9.17) is 4.74 Å². The first kappa shape index (κ1) is 15.0. The number of nitrogens with one attached hydrogen (secondary N) is 1. The van der Waals surface area contributed by atoms with Crippen LogP contribution in [0.15, 0.2) is 30.3 Å². The fourth-order valence-electron chi connectivity index (χ4n) is 2.90. The van der Waals surface area contributed by atoms with E-state index in [0.717, 1.165) is 18.4 Å². The Bertz CT molecular complexity index is 397. The highest BCUT2D eigenvalue weighted by molar-refractivity contribution is 5.82. The van der Waals surface area contributed by atoms with Crippen LogP contribution in [-0.2, 0) is 9.53 Å². The lowest BCUT2D eigenvalue weighted by Gasteiger charge is -2.24. The van der Waals surface area contributed by atoms with E-state index in [2.05, 4.69) is 5.32 Å². The van der Waals surface area contributed by atoms with Crippen LogP contribution in [-0.4, -0.2) is 19.1 Å². The van der Waals surface area contributed by atoms with Crippen molar-refractivity contribution in [2.24, 2.45) is 0 Å². The molecule has 3 heteroatoms. The van der Waals surface area contributed by atoms with Crippen molar-refractivity contribution >= 4 is 5.91 Å². The minimum absolute atomic E-state index is 0.00993. The third kappa shape index (κ3) is 4.34. The summed E-state index contributed by atoms with van der Waals surface area (Å²) >= 11 is 0. The summed E-state index contributed by atoms with van der Waals surface area (Å²) in [6, 6.07) is 10.00. The van der Waals surface area contributed by atoms with Gasteiger partial charge in [0.15, 0.2) is 6.10 Å². The highest BCUT2D eigenvalue weighted by Gasteiger charge is 2.22. The van der Waals surface area contributed by atoms with Crippen molar-refractivity contribution < 1.29 is 9.53 Å². The SMILES string of the molecule is CO[C@@H](C(=O)NC1CCCCCCC1)c1ccccc1. The minimum atomic E-state index is -0.498. The molecule has 1 aliphatic carbocycles. The number of ether oxygens (including phenoxy) is 1. The van der Waals surface area contributed by atoms with Crippen LogP contribution in [0.25, 0.3) is 0 Å². The summed E-state index contributed by atoms with van der Waals surface area (Å²) in [7, 11) is 1.59. The van der Waals surface area contributed by atoms with Gasteiger partial charge in [0.2, 0.25) is 0 Å². The predicted octanol–water partition coefficient (Wildman–Crippen LogP) is 3.60. The van der Waals surface area contributed by atoms with Crippen molar-refractivity contribution in [3.05, 3.63) is 35.9 Å². The van der Waals surface area contributed by atoms with Crippen LogP contribution in [0.3, 0.4) is 0 Å². The zero-order valence-electron chi connectivity index (χ0n) is 12.3. The quantitative estimate of drug-likeness (QED) is 0.911. The van der Waals surface area contributed by atoms with Gasteiger partial charge in [0.05, 0.1) is 0 Å². The van der Waals surface area contributed by atoms with Gasteiger partial charge in [-0.05, 0) is 18.4 Å². The van der Waals surface area contributed by atoms with E-state index in [1.54, 1.807) is 7.11 Å². The van der Waals surface area contributed by atoms with Crippen molar-refractivity contribution in [3.63, 3.8) is 0 Å². The molecule has 0 spiro atoms. The number of amides is 1. The summed E-state index contributed by atoms with van der Waals surface area (Å²) in [5.41, 5.74) is 0.915. The van der Waals surface area contributed by atoms with Crippen LogP contribution in [0.5, 0.6) is 0 Å². The first-order valence-corrected chi connectivity index (χ1v) is 7.69. The molecule has 1 saturated carbocycles. The molecule has 1 aromatic carbocycles. The Morgan fingerprint density at radius 3 is 2.30 bits per heavy atom. The molecule has 1 atom stereocenters. The van der Waals surface area contributed by atoms with Gasteiger partial charge in [0.1, 0.15) is 0 Å². The zero-order chi connectivity index (χ0) is 14.2. The molecule has 1 fully saturated rings. The molecule has 110 valence electrons. The first-order valence-electron chi connectivity index (χ1n) is 7.69. The maximum atomic E-state index is 12.4. The Balaban J connectivity index is 1.94. The Hall–Kier alpha value is -1.35. The number of hydrogen-bond acceptors (Lipinski definition) is 2. The maximum Gasteiger partial charge on any atom is 0.253 e. The second-order valence-corrected chi connectivity index (χ2v) is 5.58. The normalized spacial score (nSPS) is 18.9. The Morgan fingerprint density at radius 1 is 1.10 bits per heavy atom. The lowest BCUT2D eigenvalue weighted by Crippen LogP contribution is -2.39. The first-order chi connectivity index (χ1) is 9.81. The van der Waals surface area contributed by atoms with Crippen LogP contribution in [0.1, 0.15) is 56.6 Å². The van der Waals surface area contributed by atoms with E-state index < -0.39 is 6.10 Å². The topological polar surface area (TPSA) is 38.3 Å². The van der Waals surface area contributed by atoms with Gasteiger partial charge < -0.3 is 10.1 Å². The number of hydrogen-bond donors (Lipinski definition) is 1. The minimum Gasteiger partial charge on any atom is -0.367 e. The van der Waals surface area contributed by atoms with E-state index in [9.17, 15) is 4.79 Å². The van der Waals surface area contributed by atoms with Crippen molar-refractivity contribution in [2.75, 3.05) is 7.11 Å². The molecule has 0 heterocycles. The Labute approximate surface area is 121 Å². The average Bonchev–Trinajstić information content (AvgIpc) is 2.44. The third-order valence-corrected chi connectivity index (χ3v) is 4.03. The van der Waals surface area contributed by atoms with Crippen molar-refractivity contribution in [1.29, 1.82) is 0 Å². The lowest BCUT2D eigenvalue weighted by atomic mass is 9.96. The van der Waals surface area contributed by atoms with Crippen molar-refractivity contribution in [1.82, 2.24) is 5.32 Å². The van der Waals surface area contributed by atoms with Gasteiger partial charge in [-0.1, -0.05) is 62.4 Å². The Kier molecular flexibility index (Phi) is 6.06. The zero-order valence-corrected chi connectivity index (χ0v) is 12.3. The summed E-state index contributed by atoms with van der Waals surface area (Å²) in [5, 5.41) is 3.17. The molecule has 0 aliphatic heterocycles. The summed E-state index contributed by atoms with van der Waals surface area (Å²) in [4.78, 5) is 12.4. The molecule has 1 amide bonds. The number of carbonyl (C=O) groups excluding carboxylic acids is 1. The molecule has 20 heavy (non-hydrogen) atoms. The highest BCUT2D eigenvalue weighted by Crippen LogP contribution is 2.20. The molecule has 1 N–H and O–H groups in total. The summed E-state index contributed by atoms with van der Waals surface area (Å²) < 4.78 is 5.38. The highest BCUT2D eigenvalue weighted by atomic mass is 16.5. The molecule has 1 aliphatic rings. The van der Waals surface area contributed by atoms with Gasteiger partial charge in [-0.2, -0.15) is 0 Å². The second kappa shape index (κ2) is 8.05. The smallest absolute Gasteiger partial charge is 0.253 e. The van der Waals surface area contributed by atoms with Crippen molar-refractivity contribution in [3.8, 4) is 0 Å². The summed E-state index contributed by atoms with van der Waals surface area (Å²) in [6.45, 7) is 0. The number of benzene rings is 1. The van der Waals surface area contributed by atoms with Crippen LogP contribution >= 0.6 is 0 Å². The number of carbonyl (C=O) groups is 1. The fraction of sp³-hybridized carbons (Fsp3) is 0.588. The molecule has 0 saturated heterocycles. The molecule has 0 radical (unpaired) electrons. The third-order valence-electron chi connectivity index (χ3n) is 4.03. The predicted molar refractivity (Wildman–Crippen MR) is 80.4 cm³/mol. The largest absolute Gasteiger partial charge is 0.367 e. The van der Waals surface area contributed by atoms with E-state index in [1.165, 1.54) is 32.1 Å². The monoisotopic (exact) mass is 275 g/mol. The van der Waals surface area contributed by atoms with E-state index >= 15 is 0 Å². The van der Waals surface area contributed by atoms with E-state index in [0.29, 0.717) is 6.04 Å². The molecule has 2 rings (SSSR count). The molecule has 1 aromatic rings. The number of methoxy groups -OCH3 is 1. The van der Waals surface area contributed by atoms with Gasteiger partial charge in [0.25, 0.3) is 5.91 Å².